The van der Waals surface area contributed by atoms with Gasteiger partial charge in [0.1, 0.15) is 5.75 Å². The number of ether oxygens (including phenoxy) is 1. The average Bonchev–Trinajstić information content (AvgIpc) is 2.49. The van der Waals surface area contributed by atoms with E-state index in [0.717, 1.165) is 24.6 Å². The van der Waals surface area contributed by atoms with E-state index in [-0.39, 0.29) is 0 Å². The Kier molecular flexibility index (Phi) is 5.72. The first-order valence-corrected chi connectivity index (χ1v) is 7.23. The van der Waals surface area contributed by atoms with E-state index in [9.17, 15) is 0 Å². The molecule has 0 unspecified atom stereocenters. The van der Waals surface area contributed by atoms with Crippen LogP contribution in [0.25, 0.3) is 0 Å². The first kappa shape index (κ1) is 13.9. The number of pyridine rings is 1. The number of methoxy groups -OCH3 is 1. The highest BCUT2D eigenvalue weighted by molar-refractivity contribution is 7.99. The molecule has 1 aromatic heterocycles. The summed E-state index contributed by atoms with van der Waals surface area (Å²) in [5.74, 6) is 1.95. The number of nitrogens with zero attached hydrogens (tertiary/aromatic N) is 1. The Labute approximate surface area is 118 Å². The molecule has 0 aliphatic heterocycles. The quantitative estimate of drug-likeness (QED) is 0.622. The maximum Gasteiger partial charge on any atom is 0.118 e. The predicted octanol–water partition coefficient (Wildman–Crippen LogP) is 2.97. The Morgan fingerprint density at radius 3 is 2.74 bits per heavy atom. The summed E-state index contributed by atoms with van der Waals surface area (Å²) < 4.78 is 5.13. The molecule has 0 aliphatic rings. The minimum absolute atomic E-state index is 0.872. The second-order valence-electron chi connectivity index (χ2n) is 4.06. The van der Waals surface area contributed by atoms with Crippen molar-refractivity contribution in [3.63, 3.8) is 0 Å². The van der Waals surface area contributed by atoms with Gasteiger partial charge in [-0.25, -0.2) is 0 Å². The summed E-state index contributed by atoms with van der Waals surface area (Å²) in [7, 11) is 1.69. The molecular weight excluding hydrogens is 256 g/mol. The number of aromatic nitrogens is 1. The van der Waals surface area contributed by atoms with Gasteiger partial charge in [-0.2, -0.15) is 0 Å². The van der Waals surface area contributed by atoms with E-state index >= 15 is 0 Å². The van der Waals surface area contributed by atoms with Crippen molar-refractivity contribution in [1.82, 2.24) is 10.3 Å². The highest BCUT2D eigenvalue weighted by Gasteiger charge is 1.96. The Bertz CT molecular complexity index is 473. The molecular formula is C15H18N2OS. The molecule has 0 atom stereocenters. The molecule has 0 saturated carbocycles. The molecule has 0 spiro atoms. The van der Waals surface area contributed by atoms with E-state index in [1.165, 1.54) is 10.5 Å². The van der Waals surface area contributed by atoms with Crippen LogP contribution < -0.4 is 10.1 Å². The first-order valence-electron chi connectivity index (χ1n) is 6.25. The molecule has 0 aliphatic carbocycles. The maximum absolute atomic E-state index is 5.13. The second kappa shape index (κ2) is 7.81. The van der Waals surface area contributed by atoms with E-state index in [1.807, 2.05) is 36.2 Å². The van der Waals surface area contributed by atoms with E-state index in [0.29, 0.717) is 0 Å². The Hall–Kier alpha value is -1.52. The van der Waals surface area contributed by atoms with Crippen molar-refractivity contribution in [2.75, 3.05) is 19.4 Å². The van der Waals surface area contributed by atoms with Crippen LogP contribution in [-0.2, 0) is 6.54 Å². The topological polar surface area (TPSA) is 34.1 Å². The molecule has 1 aromatic carbocycles. The van der Waals surface area contributed by atoms with Gasteiger partial charge in [-0.3, -0.25) is 4.98 Å². The van der Waals surface area contributed by atoms with Gasteiger partial charge in [0, 0.05) is 36.1 Å². The fourth-order valence-electron chi connectivity index (χ4n) is 1.65. The largest absolute Gasteiger partial charge is 0.497 e. The molecule has 100 valence electrons. The maximum atomic E-state index is 5.13. The molecule has 0 radical (unpaired) electrons. The third kappa shape index (κ3) is 4.93. The molecule has 2 aromatic rings. The number of benzene rings is 1. The van der Waals surface area contributed by atoms with Crippen molar-refractivity contribution in [3.8, 4) is 5.75 Å². The van der Waals surface area contributed by atoms with Crippen LogP contribution in [0.4, 0.5) is 0 Å². The minimum atomic E-state index is 0.872. The van der Waals surface area contributed by atoms with Gasteiger partial charge in [-0.05, 0) is 35.9 Å². The molecule has 0 fully saturated rings. The predicted molar refractivity (Wildman–Crippen MR) is 79.7 cm³/mol. The summed E-state index contributed by atoms with van der Waals surface area (Å²) in [5.41, 5.74) is 1.22. The van der Waals surface area contributed by atoms with Crippen LogP contribution in [0.3, 0.4) is 0 Å². The van der Waals surface area contributed by atoms with Gasteiger partial charge in [0.25, 0.3) is 0 Å². The molecule has 1 N–H and O–H groups in total. The Balaban J connectivity index is 1.63. The number of hydrogen-bond acceptors (Lipinski definition) is 4. The Morgan fingerprint density at radius 1 is 1.21 bits per heavy atom. The van der Waals surface area contributed by atoms with Crippen LogP contribution in [0.5, 0.6) is 5.75 Å². The van der Waals surface area contributed by atoms with Crippen LogP contribution in [-0.4, -0.2) is 24.4 Å². The van der Waals surface area contributed by atoms with E-state index in [2.05, 4.69) is 28.5 Å². The van der Waals surface area contributed by atoms with Gasteiger partial charge in [0.05, 0.1) is 7.11 Å². The lowest BCUT2D eigenvalue weighted by Gasteiger charge is -2.05. The minimum Gasteiger partial charge on any atom is -0.497 e. The van der Waals surface area contributed by atoms with Gasteiger partial charge in [-0.15, -0.1) is 11.8 Å². The number of thioether (sulfide) groups is 1. The average molecular weight is 274 g/mol. The first-order chi connectivity index (χ1) is 9.38. The fraction of sp³-hybridized carbons (Fsp3) is 0.267. The highest BCUT2D eigenvalue weighted by atomic mass is 32.2. The molecule has 0 saturated heterocycles. The van der Waals surface area contributed by atoms with Crippen molar-refractivity contribution in [3.05, 3.63) is 54.4 Å². The Morgan fingerprint density at radius 2 is 2.05 bits per heavy atom. The standard InChI is InChI=1S/C15H18N2OS/c1-18-14-4-6-15(7-5-14)19-10-9-17-12-13-3-2-8-16-11-13/h2-8,11,17H,9-10,12H2,1H3. The van der Waals surface area contributed by atoms with Gasteiger partial charge in [0.15, 0.2) is 0 Å². The van der Waals surface area contributed by atoms with Gasteiger partial charge < -0.3 is 10.1 Å². The highest BCUT2D eigenvalue weighted by Crippen LogP contribution is 2.20. The lowest BCUT2D eigenvalue weighted by Crippen LogP contribution is -2.16. The zero-order valence-electron chi connectivity index (χ0n) is 11.0. The number of rotatable bonds is 7. The fourth-order valence-corrected chi connectivity index (χ4v) is 2.46. The van der Waals surface area contributed by atoms with Crippen molar-refractivity contribution < 1.29 is 4.74 Å². The molecule has 0 bridgehead atoms. The third-order valence-electron chi connectivity index (χ3n) is 2.66. The molecule has 19 heavy (non-hydrogen) atoms. The van der Waals surface area contributed by atoms with Gasteiger partial charge in [-0.1, -0.05) is 6.07 Å². The molecule has 1 heterocycles. The molecule has 2 rings (SSSR count). The number of hydrogen-bond donors (Lipinski definition) is 1. The van der Waals surface area contributed by atoms with Gasteiger partial charge >= 0.3 is 0 Å². The van der Waals surface area contributed by atoms with Crippen LogP contribution in [0.15, 0.2) is 53.7 Å². The lowest BCUT2D eigenvalue weighted by molar-refractivity contribution is 0.414. The summed E-state index contributed by atoms with van der Waals surface area (Å²) in [6.07, 6.45) is 3.69. The zero-order valence-corrected chi connectivity index (χ0v) is 11.8. The van der Waals surface area contributed by atoms with Crippen LogP contribution in [0.2, 0.25) is 0 Å². The summed E-state index contributed by atoms with van der Waals surface area (Å²) in [6, 6.07) is 12.2. The van der Waals surface area contributed by atoms with E-state index in [1.54, 1.807) is 13.3 Å². The normalized spacial score (nSPS) is 10.4. The van der Waals surface area contributed by atoms with E-state index in [4.69, 9.17) is 4.74 Å². The summed E-state index contributed by atoms with van der Waals surface area (Å²) in [4.78, 5) is 5.36. The van der Waals surface area contributed by atoms with Gasteiger partial charge in [0.2, 0.25) is 0 Å². The second-order valence-corrected chi connectivity index (χ2v) is 5.23. The van der Waals surface area contributed by atoms with Crippen LogP contribution >= 0.6 is 11.8 Å². The van der Waals surface area contributed by atoms with Crippen molar-refractivity contribution >= 4 is 11.8 Å². The molecule has 4 heteroatoms. The third-order valence-corrected chi connectivity index (χ3v) is 3.67. The van der Waals surface area contributed by atoms with Crippen molar-refractivity contribution in [2.45, 2.75) is 11.4 Å². The summed E-state index contributed by atoms with van der Waals surface area (Å²) >= 11 is 1.84. The molecule has 3 nitrogen and oxygen atoms in total. The van der Waals surface area contributed by atoms with Crippen molar-refractivity contribution in [1.29, 1.82) is 0 Å². The zero-order chi connectivity index (χ0) is 13.3. The SMILES string of the molecule is COc1ccc(SCCNCc2cccnc2)cc1. The van der Waals surface area contributed by atoms with Crippen LogP contribution in [0, 0.1) is 0 Å². The summed E-state index contributed by atoms with van der Waals surface area (Å²) in [5, 5.41) is 3.41. The number of nitrogens with one attached hydrogen (secondary N) is 1. The molecule has 0 amide bonds. The smallest absolute Gasteiger partial charge is 0.118 e. The van der Waals surface area contributed by atoms with E-state index < -0.39 is 0 Å². The monoisotopic (exact) mass is 274 g/mol. The van der Waals surface area contributed by atoms with Crippen molar-refractivity contribution in [2.24, 2.45) is 0 Å². The van der Waals surface area contributed by atoms with Crippen LogP contribution in [0.1, 0.15) is 5.56 Å². The lowest BCUT2D eigenvalue weighted by atomic mass is 10.3. The summed E-state index contributed by atoms with van der Waals surface area (Å²) in [6.45, 7) is 1.85.